The SMILES string of the molecule is CCC(C)(CC)C(=O)/C=C(\O)C(C)(CC)CC.Cc1cc2c(ccc3c2oc2ccnc(-c4[c-]c5ccsc5c(C(C)(C)C)c4)c23)s1.[Ir]. The monoisotopic (exact) mass is 859 g/mol. The Kier molecular flexibility index (Phi) is 11.5. The molecule has 0 saturated heterocycles. The first kappa shape index (κ1) is 38.0. The molecule has 6 rings (SSSR count). The van der Waals surface area contributed by atoms with Gasteiger partial charge in [-0.05, 0) is 72.4 Å². The van der Waals surface area contributed by atoms with Crippen molar-refractivity contribution in [1.82, 2.24) is 4.98 Å². The Morgan fingerprint density at radius 3 is 2.23 bits per heavy atom. The number of pyridine rings is 1. The Morgan fingerprint density at radius 1 is 0.938 bits per heavy atom. The normalized spacial score (nSPS) is 12.8. The molecular weight excluding hydrogens is 811 g/mol. The molecule has 4 nitrogen and oxygen atoms in total. The molecule has 6 aromatic rings. The number of allylic oxidation sites excluding steroid dienone is 2. The molecule has 1 radical (unpaired) electrons. The summed E-state index contributed by atoms with van der Waals surface area (Å²) in [4.78, 5) is 18.3. The fraction of sp³-hybridized carbons (Fsp3) is 0.415. The number of aliphatic hydroxyl groups is 1. The van der Waals surface area contributed by atoms with E-state index >= 15 is 0 Å². The maximum atomic E-state index is 12.2. The van der Waals surface area contributed by atoms with Gasteiger partial charge in [-0.25, -0.2) is 0 Å². The number of aryl methyl sites for hydroxylation is 1. The third-order valence-corrected chi connectivity index (χ3v) is 12.3. The molecule has 2 aromatic carbocycles. The zero-order chi connectivity index (χ0) is 34.3. The van der Waals surface area contributed by atoms with Crippen molar-refractivity contribution in [2.24, 2.45) is 10.8 Å². The minimum Gasteiger partial charge on any atom is -0.512 e. The van der Waals surface area contributed by atoms with Gasteiger partial charge >= 0.3 is 0 Å². The molecule has 1 N–H and O–H groups in total. The summed E-state index contributed by atoms with van der Waals surface area (Å²) in [6.07, 6.45) is 6.60. The van der Waals surface area contributed by atoms with Crippen LogP contribution in [-0.4, -0.2) is 15.9 Å². The summed E-state index contributed by atoms with van der Waals surface area (Å²) in [6.45, 7) is 21.0. The van der Waals surface area contributed by atoms with E-state index < -0.39 is 0 Å². The molecule has 0 unspecified atom stereocenters. The molecule has 0 atom stereocenters. The standard InChI is InChI=1S/C26H20NOS2.C15H28O2.Ir/c1-14-11-18-21(30-14)6-5-17-22-20(28-24(17)18)7-9-27-23(22)16-12-15-8-10-29-25(15)19(13-16)26(2,3)4;1-7-14(5,8-2)12(16)11-13(17)15(6,9-3)10-4;/h5-11,13H,1-4H3;11,16H,7-10H2,1-6H3;/q-1;;/b;12-11-;. The van der Waals surface area contributed by atoms with Crippen LogP contribution < -0.4 is 0 Å². The molecule has 0 saturated carbocycles. The van der Waals surface area contributed by atoms with Gasteiger partial charge in [-0.2, -0.15) is 11.3 Å². The van der Waals surface area contributed by atoms with Gasteiger partial charge in [0.05, 0.1) is 0 Å². The van der Waals surface area contributed by atoms with Crippen LogP contribution in [0.2, 0.25) is 0 Å². The number of hydrogen-bond donors (Lipinski definition) is 1. The molecule has 0 spiro atoms. The number of aliphatic hydroxyl groups excluding tert-OH is 1. The number of aromatic nitrogens is 1. The molecule has 48 heavy (non-hydrogen) atoms. The van der Waals surface area contributed by atoms with E-state index in [4.69, 9.17) is 9.40 Å². The van der Waals surface area contributed by atoms with E-state index in [0.717, 1.165) is 64.3 Å². The minimum atomic E-state index is -0.337. The molecule has 257 valence electrons. The molecule has 0 bridgehead atoms. The van der Waals surface area contributed by atoms with Crippen molar-refractivity contribution in [3.05, 3.63) is 76.3 Å². The zero-order valence-corrected chi connectivity index (χ0v) is 33.9. The van der Waals surface area contributed by atoms with Gasteiger partial charge in [0.2, 0.25) is 0 Å². The third-order valence-electron chi connectivity index (χ3n) is 10.3. The summed E-state index contributed by atoms with van der Waals surface area (Å²) >= 11 is 3.59. The number of rotatable bonds is 8. The van der Waals surface area contributed by atoms with Crippen molar-refractivity contribution < 1.29 is 34.4 Å². The topological polar surface area (TPSA) is 63.3 Å². The minimum absolute atomic E-state index is 0. The second kappa shape index (κ2) is 14.6. The van der Waals surface area contributed by atoms with Crippen molar-refractivity contribution in [3.8, 4) is 11.3 Å². The quantitative estimate of drug-likeness (QED) is 0.0941. The Hall–Kier alpha value is -2.83. The Balaban J connectivity index is 0.000000251. The van der Waals surface area contributed by atoms with E-state index in [-0.39, 0.29) is 47.9 Å². The van der Waals surface area contributed by atoms with Gasteiger partial charge in [-0.3, -0.25) is 9.78 Å². The molecule has 4 heterocycles. The van der Waals surface area contributed by atoms with Crippen LogP contribution in [0.25, 0.3) is 53.4 Å². The number of fused-ring (bicyclic) bond motifs is 6. The van der Waals surface area contributed by atoms with Gasteiger partial charge in [0, 0.05) is 74.6 Å². The predicted molar refractivity (Wildman–Crippen MR) is 203 cm³/mol. The molecular formula is C41H48IrNO3S2-. The maximum Gasteiger partial charge on any atom is 0.164 e. The van der Waals surface area contributed by atoms with Crippen LogP contribution >= 0.6 is 22.7 Å². The molecule has 0 aliphatic carbocycles. The van der Waals surface area contributed by atoms with Gasteiger partial charge in [-0.15, -0.1) is 34.9 Å². The average Bonchev–Trinajstić information content (AvgIpc) is 3.79. The average molecular weight is 859 g/mol. The van der Waals surface area contributed by atoms with Crippen molar-refractivity contribution in [3.63, 3.8) is 0 Å². The van der Waals surface area contributed by atoms with E-state index in [1.165, 1.54) is 31.3 Å². The number of nitrogens with zero attached hydrogens (tertiary/aromatic N) is 1. The Bertz CT molecular complexity index is 2100. The summed E-state index contributed by atoms with van der Waals surface area (Å²) < 4.78 is 8.94. The van der Waals surface area contributed by atoms with Crippen LogP contribution in [-0.2, 0) is 30.3 Å². The molecule has 0 aliphatic rings. The van der Waals surface area contributed by atoms with E-state index in [2.05, 4.69) is 69.5 Å². The first-order chi connectivity index (χ1) is 22.2. The van der Waals surface area contributed by atoms with E-state index in [9.17, 15) is 9.90 Å². The van der Waals surface area contributed by atoms with Crippen LogP contribution in [0.15, 0.2) is 64.2 Å². The Labute approximate surface area is 307 Å². The summed E-state index contributed by atoms with van der Waals surface area (Å²) in [5.41, 5.74) is 4.57. The van der Waals surface area contributed by atoms with Crippen LogP contribution in [0, 0.1) is 23.8 Å². The fourth-order valence-corrected chi connectivity index (χ4v) is 8.00. The predicted octanol–water partition coefficient (Wildman–Crippen LogP) is 13.1. The fourth-order valence-electron chi connectivity index (χ4n) is 6.00. The van der Waals surface area contributed by atoms with Crippen molar-refractivity contribution in [2.45, 2.75) is 100 Å². The largest absolute Gasteiger partial charge is 0.512 e. The van der Waals surface area contributed by atoms with Crippen molar-refractivity contribution in [1.29, 1.82) is 0 Å². The first-order valence-electron chi connectivity index (χ1n) is 16.8. The smallest absolute Gasteiger partial charge is 0.164 e. The van der Waals surface area contributed by atoms with Crippen LogP contribution in [0.3, 0.4) is 0 Å². The maximum absolute atomic E-state index is 12.2. The number of hydrogen-bond acceptors (Lipinski definition) is 6. The zero-order valence-electron chi connectivity index (χ0n) is 29.9. The first-order valence-corrected chi connectivity index (χ1v) is 18.5. The molecule has 0 aliphatic heterocycles. The second-order valence-electron chi connectivity index (χ2n) is 14.3. The van der Waals surface area contributed by atoms with Crippen LogP contribution in [0.5, 0.6) is 0 Å². The Morgan fingerprint density at radius 2 is 1.60 bits per heavy atom. The van der Waals surface area contributed by atoms with E-state index in [1.807, 2.05) is 53.8 Å². The number of furan rings is 1. The molecule has 7 heteroatoms. The van der Waals surface area contributed by atoms with Crippen molar-refractivity contribution in [2.75, 3.05) is 0 Å². The second-order valence-corrected chi connectivity index (χ2v) is 16.5. The summed E-state index contributed by atoms with van der Waals surface area (Å²) in [5, 5.41) is 16.8. The van der Waals surface area contributed by atoms with Crippen LogP contribution in [0.4, 0.5) is 0 Å². The molecule has 0 fully saturated rings. The van der Waals surface area contributed by atoms with Crippen LogP contribution in [0.1, 0.15) is 98.4 Å². The van der Waals surface area contributed by atoms with Crippen molar-refractivity contribution >= 4 is 70.6 Å². The van der Waals surface area contributed by atoms with Gasteiger partial charge in [-0.1, -0.05) is 73.4 Å². The molecule has 0 amide bonds. The number of carbonyl (C=O) groups excluding carboxylic acids is 1. The number of ketones is 1. The van der Waals surface area contributed by atoms with Gasteiger partial charge in [0.15, 0.2) is 5.78 Å². The number of carbonyl (C=O) groups is 1. The summed E-state index contributed by atoms with van der Waals surface area (Å²) in [5.74, 6) is 0.286. The number of thiophene rings is 2. The van der Waals surface area contributed by atoms with E-state index in [0.29, 0.717) is 0 Å². The van der Waals surface area contributed by atoms with Gasteiger partial charge in [0.25, 0.3) is 0 Å². The van der Waals surface area contributed by atoms with Gasteiger partial charge in [0.1, 0.15) is 16.9 Å². The third kappa shape index (κ3) is 7.07. The number of benzene rings is 2. The van der Waals surface area contributed by atoms with Gasteiger partial charge < -0.3 is 9.52 Å². The van der Waals surface area contributed by atoms with E-state index in [1.54, 1.807) is 22.7 Å². The molecule has 4 aromatic heterocycles. The summed E-state index contributed by atoms with van der Waals surface area (Å²) in [6, 6.07) is 16.6. The summed E-state index contributed by atoms with van der Waals surface area (Å²) in [7, 11) is 0.